The summed E-state index contributed by atoms with van der Waals surface area (Å²) in [4.78, 5) is 15.7. The highest BCUT2D eigenvalue weighted by Crippen LogP contribution is 2.28. The molecule has 0 bridgehead atoms. The highest BCUT2D eigenvalue weighted by Gasteiger charge is 2.21. The summed E-state index contributed by atoms with van der Waals surface area (Å²) < 4.78 is 37.2. The zero-order valence-electron chi connectivity index (χ0n) is 17.5. The van der Waals surface area contributed by atoms with Crippen molar-refractivity contribution in [3.05, 3.63) is 47.7 Å². The van der Waals surface area contributed by atoms with Crippen LogP contribution in [0.3, 0.4) is 0 Å². The fourth-order valence-corrected chi connectivity index (χ4v) is 3.29. The Morgan fingerprint density at radius 1 is 1.00 bits per heavy atom. The largest absolute Gasteiger partial charge is 0.544 e. The van der Waals surface area contributed by atoms with E-state index in [2.05, 4.69) is 4.98 Å². The number of aromatic amines is 1. The van der Waals surface area contributed by atoms with Gasteiger partial charge in [0.1, 0.15) is 11.5 Å². The molecule has 0 spiro atoms. The number of rotatable bonds is 6. The molecule has 0 saturated heterocycles. The average molecular weight is 351 g/mol. The molecular formula is C17H25NO3Si2. The smallest absolute Gasteiger partial charge is 0.242 e. The molecule has 124 valence electrons. The predicted octanol–water partition coefficient (Wildman–Crippen LogP) is 4.67. The molecule has 0 radical (unpaired) electrons. The van der Waals surface area contributed by atoms with Crippen LogP contribution in [0.1, 0.15) is 20.2 Å². The maximum absolute atomic E-state index is 12.9. The zero-order chi connectivity index (χ0) is 19.9. The maximum atomic E-state index is 12.9. The molecule has 0 amide bonds. The molecule has 23 heavy (non-hydrogen) atoms. The molecule has 1 N–H and O–H groups in total. The quantitative estimate of drug-likeness (QED) is 0.608. The van der Waals surface area contributed by atoms with Gasteiger partial charge in [-0.1, -0.05) is 0 Å². The van der Waals surface area contributed by atoms with E-state index < -0.39 is 22.4 Å². The van der Waals surface area contributed by atoms with E-state index in [0.717, 1.165) is 0 Å². The van der Waals surface area contributed by atoms with Gasteiger partial charge in [-0.3, -0.25) is 4.79 Å². The first-order chi connectivity index (χ1) is 11.8. The Bertz CT molecular complexity index is 782. The van der Waals surface area contributed by atoms with Crippen LogP contribution >= 0.6 is 0 Å². The van der Waals surface area contributed by atoms with Crippen molar-refractivity contribution in [2.24, 2.45) is 0 Å². The summed E-state index contributed by atoms with van der Waals surface area (Å²) in [6, 6.07) is 2.68. The van der Waals surface area contributed by atoms with Gasteiger partial charge in [0.25, 0.3) is 0 Å². The van der Waals surface area contributed by atoms with Crippen LogP contribution in [0.5, 0.6) is 11.5 Å². The van der Waals surface area contributed by atoms with Gasteiger partial charge in [0.05, 0.1) is 9.81 Å². The van der Waals surface area contributed by atoms with Gasteiger partial charge in [-0.25, -0.2) is 0 Å². The molecule has 2 rings (SSSR count). The van der Waals surface area contributed by atoms with Crippen molar-refractivity contribution in [1.29, 1.82) is 0 Å². The molecule has 6 heteroatoms. The fraction of sp³-hybridized carbons (Fsp3) is 0.353. The van der Waals surface area contributed by atoms with Crippen LogP contribution in [-0.4, -0.2) is 27.4 Å². The minimum atomic E-state index is -2.15. The van der Waals surface area contributed by atoms with Gasteiger partial charge in [-0.2, -0.15) is 0 Å². The summed E-state index contributed by atoms with van der Waals surface area (Å²) >= 11 is 0. The summed E-state index contributed by atoms with van der Waals surface area (Å²) in [6.45, 7) is 11.6. The highest BCUT2D eigenvalue weighted by atomic mass is 28.4. The van der Waals surface area contributed by atoms with E-state index in [9.17, 15) is 4.79 Å². The Kier molecular flexibility index (Phi) is 3.77. The van der Waals surface area contributed by atoms with Gasteiger partial charge >= 0.3 is 0 Å². The molecule has 0 aliphatic carbocycles. The lowest BCUT2D eigenvalue weighted by molar-refractivity contribution is 0.103. The van der Waals surface area contributed by atoms with Crippen molar-refractivity contribution >= 4 is 22.4 Å². The number of hydrogen-bond acceptors (Lipinski definition) is 3. The molecule has 0 fully saturated rings. The molecule has 1 heterocycles. The maximum Gasteiger partial charge on any atom is 0.242 e. The van der Waals surface area contributed by atoms with E-state index in [1.54, 1.807) is 18.3 Å². The lowest BCUT2D eigenvalue weighted by Gasteiger charge is -2.23. The molecule has 0 saturated carbocycles. The van der Waals surface area contributed by atoms with Crippen molar-refractivity contribution in [3.63, 3.8) is 0 Å². The molecule has 1 aromatic carbocycles. The molecule has 0 unspecified atom stereocenters. The normalized spacial score (nSPS) is 13.9. The van der Waals surface area contributed by atoms with Crippen molar-refractivity contribution in [3.8, 4) is 11.5 Å². The van der Waals surface area contributed by atoms with E-state index in [4.69, 9.17) is 13.0 Å². The number of carbonyl (C=O) groups is 1. The van der Waals surface area contributed by atoms with E-state index in [-0.39, 0.29) is 40.9 Å². The van der Waals surface area contributed by atoms with E-state index in [1.807, 2.05) is 39.3 Å². The number of hydrogen-bond donors (Lipinski definition) is 1. The number of ketones is 1. The average Bonchev–Trinajstić information content (AvgIpc) is 3.00. The molecule has 2 aromatic rings. The minimum Gasteiger partial charge on any atom is -0.544 e. The Labute approximate surface area is 144 Å². The van der Waals surface area contributed by atoms with Crippen LogP contribution in [0.4, 0.5) is 0 Å². The van der Waals surface area contributed by atoms with Crippen molar-refractivity contribution < 1.29 is 17.8 Å². The number of benzene rings is 1. The number of carbonyl (C=O) groups excluding carboxylic acids is 1. The third-order valence-electron chi connectivity index (χ3n) is 2.59. The van der Waals surface area contributed by atoms with Crippen LogP contribution in [-0.2, 0) is 0 Å². The third-order valence-corrected chi connectivity index (χ3v) is 4.22. The van der Waals surface area contributed by atoms with Gasteiger partial charge in [0.15, 0.2) is 0 Å². The summed E-state index contributed by atoms with van der Waals surface area (Å²) in [5, 5.41) is 0. The molecular weight excluding hydrogens is 322 g/mol. The standard InChI is InChI=1S/C17H25NO3Si2/c1-22(2,3)20-14-10-13(17(19)16-8-7-9-18-16)11-15(12-14)21-23(4,5)6/h7-12,18H,1-6H3/i10D,11D,12D. The summed E-state index contributed by atoms with van der Waals surface area (Å²) in [5.74, 6) is -0.447. The van der Waals surface area contributed by atoms with Crippen LogP contribution in [0.25, 0.3) is 0 Å². The predicted molar refractivity (Wildman–Crippen MR) is 98.6 cm³/mol. The summed E-state index contributed by atoms with van der Waals surface area (Å²) in [5.41, 5.74) is 0.174. The van der Waals surface area contributed by atoms with Crippen molar-refractivity contribution in [2.75, 3.05) is 0 Å². The second-order valence-electron chi connectivity index (χ2n) is 7.25. The second-order valence-corrected chi connectivity index (χ2v) is 16.1. The second kappa shape index (κ2) is 6.37. The summed E-state index contributed by atoms with van der Waals surface area (Å²) in [6.07, 6.45) is 1.61. The summed E-state index contributed by atoms with van der Waals surface area (Å²) in [7, 11) is -4.30. The van der Waals surface area contributed by atoms with E-state index >= 15 is 0 Å². The monoisotopic (exact) mass is 350 g/mol. The van der Waals surface area contributed by atoms with Gasteiger partial charge in [-0.15, -0.1) is 0 Å². The van der Waals surface area contributed by atoms with Gasteiger partial charge in [-0.05, 0) is 63.5 Å². The molecule has 0 aliphatic rings. The van der Waals surface area contributed by atoms with Gasteiger partial charge in [0, 0.05) is 17.8 Å². The SMILES string of the molecule is [2H]c1c(O[Si](C)(C)C)c([2H])c(C(=O)c2ccc[nH]2)c([2H])c1O[Si](C)(C)C. The Balaban J connectivity index is 2.75. The van der Waals surface area contributed by atoms with Gasteiger partial charge in [0.2, 0.25) is 22.4 Å². The minimum absolute atomic E-state index is 0.0170. The lowest BCUT2D eigenvalue weighted by Crippen LogP contribution is -2.30. The van der Waals surface area contributed by atoms with Crippen molar-refractivity contribution in [1.82, 2.24) is 4.98 Å². The van der Waals surface area contributed by atoms with Crippen LogP contribution in [0.15, 0.2) is 36.5 Å². The lowest BCUT2D eigenvalue weighted by atomic mass is 10.1. The molecule has 0 aliphatic heterocycles. The Morgan fingerprint density at radius 2 is 1.52 bits per heavy atom. The number of aromatic nitrogens is 1. The van der Waals surface area contributed by atoms with E-state index in [1.165, 1.54) is 0 Å². The molecule has 4 nitrogen and oxygen atoms in total. The number of H-pyrrole nitrogens is 1. The highest BCUT2D eigenvalue weighted by molar-refractivity contribution is 6.70. The zero-order valence-corrected chi connectivity index (χ0v) is 16.5. The van der Waals surface area contributed by atoms with Crippen LogP contribution in [0, 0.1) is 0 Å². The first-order valence-corrected chi connectivity index (χ1v) is 14.3. The first kappa shape index (κ1) is 13.6. The first-order valence-electron chi connectivity index (χ1n) is 9.01. The van der Waals surface area contributed by atoms with Crippen LogP contribution < -0.4 is 8.85 Å². The Morgan fingerprint density at radius 3 is 1.91 bits per heavy atom. The van der Waals surface area contributed by atoms with Crippen LogP contribution in [0.2, 0.25) is 39.3 Å². The Hall–Kier alpha value is -1.80. The van der Waals surface area contributed by atoms with E-state index in [0.29, 0.717) is 0 Å². The van der Waals surface area contributed by atoms with Crippen molar-refractivity contribution in [2.45, 2.75) is 39.3 Å². The number of nitrogens with one attached hydrogen (secondary N) is 1. The fourth-order valence-electron chi connectivity index (χ4n) is 1.86. The molecule has 1 aromatic heterocycles. The molecule has 0 atom stereocenters. The van der Waals surface area contributed by atoms with Gasteiger partial charge < -0.3 is 13.8 Å². The topological polar surface area (TPSA) is 51.3 Å². The third kappa shape index (κ3) is 5.40.